The fourth-order valence-electron chi connectivity index (χ4n) is 1.71. The molecule has 2 aromatic rings. The zero-order valence-corrected chi connectivity index (χ0v) is 12.1. The third-order valence-corrected chi connectivity index (χ3v) is 3.13. The first-order chi connectivity index (χ1) is 10.1. The Bertz CT molecular complexity index is 695. The quantitative estimate of drug-likeness (QED) is 0.938. The molecule has 106 valence electrons. The van der Waals surface area contributed by atoms with E-state index in [4.69, 9.17) is 21.6 Å². The van der Waals surface area contributed by atoms with Crippen molar-refractivity contribution in [3.63, 3.8) is 0 Å². The molecular weight excluding hydrogens is 288 g/mol. The van der Waals surface area contributed by atoms with Gasteiger partial charge in [0.25, 0.3) is 5.91 Å². The van der Waals surface area contributed by atoms with Crippen molar-refractivity contribution in [1.82, 2.24) is 0 Å². The highest BCUT2D eigenvalue weighted by Crippen LogP contribution is 2.24. The normalized spacial score (nSPS) is 11.3. The maximum absolute atomic E-state index is 12.1. The van der Waals surface area contributed by atoms with Crippen molar-refractivity contribution in [1.29, 1.82) is 5.26 Å². The molecule has 0 aromatic heterocycles. The minimum atomic E-state index is -0.739. The molecule has 5 heteroatoms. The van der Waals surface area contributed by atoms with Crippen LogP contribution in [-0.2, 0) is 4.79 Å². The lowest BCUT2D eigenvalue weighted by molar-refractivity contribution is -0.122. The van der Waals surface area contributed by atoms with Gasteiger partial charge in [-0.1, -0.05) is 35.9 Å². The first-order valence-corrected chi connectivity index (χ1v) is 6.71. The summed E-state index contributed by atoms with van der Waals surface area (Å²) in [5, 5.41) is 12.1. The molecule has 1 unspecified atom stereocenters. The topological polar surface area (TPSA) is 62.1 Å². The summed E-state index contributed by atoms with van der Waals surface area (Å²) in [5.74, 6) is 0.0907. The Hall–Kier alpha value is -2.51. The Morgan fingerprint density at radius 1 is 1.24 bits per heavy atom. The predicted molar refractivity (Wildman–Crippen MR) is 81.3 cm³/mol. The molecule has 1 amide bonds. The van der Waals surface area contributed by atoms with E-state index >= 15 is 0 Å². The molecule has 2 aromatic carbocycles. The lowest BCUT2D eigenvalue weighted by atomic mass is 10.2. The van der Waals surface area contributed by atoms with E-state index in [1.54, 1.807) is 55.5 Å². The summed E-state index contributed by atoms with van der Waals surface area (Å²) in [6.45, 7) is 1.62. The first-order valence-electron chi connectivity index (χ1n) is 6.33. The van der Waals surface area contributed by atoms with Crippen molar-refractivity contribution in [3.8, 4) is 11.8 Å². The molecule has 1 N–H and O–H groups in total. The third-order valence-electron chi connectivity index (χ3n) is 2.82. The smallest absolute Gasteiger partial charge is 0.265 e. The molecule has 2 rings (SSSR count). The maximum atomic E-state index is 12.1. The highest BCUT2D eigenvalue weighted by molar-refractivity contribution is 6.32. The zero-order chi connectivity index (χ0) is 15.2. The summed E-state index contributed by atoms with van der Waals surface area (Å²) in [4.78, 5) is 12.1. The van der Waals surface area contributed by atoms with Crippen LogP contribution in [0.5, 0.6) is 5.75 Å². The van der Waals surface area contributed by atoms with Gasteiger partial charge < -0.3 is 10.1 Å². The van der Waals surface area contributed by atoms with Crippen LogP contribution < -0.4 is 10.1 Å². The van der Waals surface area contributed by atoms with Crippen LogP contribution in [0, 0.1) is 11.3 Å². The van der Waals surface area contributed by atoms with Crippen LogP contribution >= 0.6 is 11.6 Å². The number of nitrogens with one attached hydrogen (secondary N) is 1. The summed E-state index contributed by atoms with van der Waals surface area (Å²) < 4.78 is 5.53. The molecule has 0 bridgehead atoms. The van der Waals surface area contributed by atoms with Crippen LogP contribution in [0.3, 0.4) is 0 Å². The number of halogens is 1. The van der Waals surface area contributed by atoms with E-state index in [0.29, 0.717) is 22.0 Å². The number of benzene rings is 2. The molecule has 0 fully saturated rings. The van der Waals surface area contributed by atoms with Crippen molar-refractivity contribution in [2.24, 2.45) is 0 Å². The fraction of sp³-hybridized carbons (Fsp3) is 0.125. The molecule has 4 nitrogen and oxygen atoms in total. The molecule has 0 spiro atoms. The van der Waals surface area contributed by atoms with Crippen molar-refractivity contribution in [2.75, 3.05) is 5.32 Å². The van der Waals surface area contributed by atoms with Gasteiger partial charge in [0.05, 0.1) is 16.3 Å². The summed E-state index contributed by atoms with van der Waals surface area (Å²) in [7, 11) is 0. The van der Waals surface area contributed by atoms with Crippen LogP contribution in [0.1, 0.15) is 12.5 Å². The molecule has 0 saturated carbocycles. The molecule has 0 aliphatic carbocycles. The lowest BCUT2D eigenvalue weighted by Gasteiger charge is -2.16. The van der Waals surface area contributed by atoms with Crippen LogP contribution in [0.2, 0.25) is 5.02 Å². The van der Waals surface area contributed by atoms with Crippen LogP contribution in [0.15, 0.2) is 48.5 Å². The van der Waals surface area contributed by atoms with Gasteiger partial charge in [-0.15, -0.1) is 0 Å². The van der Waals surface area contributed by atoms with Crippen LogP contribution in [-0.4, -0.2) is 12.0 Å². The average molecular weight is 301 g/mol. The largest absolute Gasteiger partial charge is 0.479 e. The average Bonchev–Trinajstić information content (AvgIpc) is 2.50. The third kappa shape index (κ3) is 3.74. The Labute approximate surface area is 127 Å². The number of hydrogen-bond acceptors (Lipinski definition) is 3. The molecule has 0 aliphatic rings. The second-order valence-corrected chi connectivity index (χ2v) is 4.74. The van der Waals surface area contributed by atoms with Gasteiger partial charge in [0.15, 0.2) is 6.10 Å². The number of nitrogens with zero attached hydrogens (tertiary/aromatic N) is 1. The van der Waals surface area contributed by atoms with Gasteiger partial charge in [-0.3, -0.25) is 4.79 Å². The van der Waals surface area contributed by atoms with Crippen molar-refractivity contribution in [3.05, 3.63) is 59.1 Å². The summed E-state index contributed by atoms with van der Waals surface area (Å²) >= 11 is 5.98. The Morgan fingerprint density at radius 3 is 2.62 bits per heavy atom. The minimum Gasteiger partial charge on any atom is -0.479 e. The standard InChI is InChI=1S/C16H13ClN2O2/c1-11(21-15-9-5-3-7-13(15)17)16(20)19-14-8-4-2-6-12(14)10-18/h2-9,11H,1H3,(H,19,20). The van der Waals surface area contributed by atoms with Crippen molar-refractivity contribution in [2.45, 2.75) is 13.0 Å². The number of rotatable bonds is 4. The van der Waals surface area contributed by atoms with Gasteiger partial charge in [0.1, 0.15) is 11.8 Å². The summed E-state index contributed by atoms with van der Waals surface area (Å²) in [5.41, 5.74) is 0.857. The Kier molecular flexibility index (Phi) is 4.81. The summed E-state index contributed by atoms with van der Waals surface area (Å²) in [6, 6.07) is 15.7. The Morgan fingerprint density at radius 2 is 1.90 bits per heavy atom. The van der Waals surface area contributed by atoms with Gasteiger partial charge in [0.2, 0.25) is 0 Å². The SMILES string of the molecule is CC(Oc1ccccc1Cl)C(=O)Nc1ccccc1C#N. The molecule has 1 atom stereocenters. The van der Waals surface area contributed by atoms with E-state index in [1.165, 1.54) is 0 Å². The van der Waals surface area contributed by atoms with E-state index in [-0.39, 0.29) is 5.91 Å². The number of carbonyl (C=O) groups excluding carboxylic acids is 1. The predicted octanol–water partition coefficient (Wildman–Crippen LogP) is 3.62. The van der Waals surface area contributed by atoms with Gasteiger partial charge in [-0.2, -0.15) is 5.26 Å². The molecule has 0 radical (unpaired) electrons. The highest BCUT2D eigenvalue weighted by atomic mass is 35.5. The maximum Gasteiger partial charge on any atom is 0.265 e. The number of hydrogen-bond donors (Lipinski definition) is 1. The van der Waals surface area contributed by atoms with Gasteiger partial charge in [-0.25, -0.2) is 0 Å². The molecule has 21 heavy (non-hydrogen) atoms. The minimum absolute atomic E-state index is 0.349. The lowest BCUT2D eigenvalue weighted by Crippen LogP contribution is -2.30. The number of carbonyl (C=O) groups is 1. The van der Waals surface area contributed by atoms with E-state index < -0.39 is 6.10 Å². The molecular formula is C16H13ClN2O2. The fourth-order valence-corrected chi connectivity index (χ4v) is 1.89. The van der Waals surface area contributed by atoms with Crippen LogP contribution in [0.4, 0.5) is 5.69 Å². The van der Waals surface area contributed by atoms with Gasteiger partial charge in [-0.05, 0) is 31.2 Å². The Balaban J connectivity index is 2.07. The monoisotopic (exact) mass is 300 g/mol. The van der Waals surface area contributed by atoms with E-state index in [0.717, 1.165) is 0 Å². The molecule has 0 saturated heterocycles. The van der Waals surface area contributed by atoms with Gasteiger partial charge >= 0.3 is 0 Å². The highest BCUT2D eigenvalue weighted by Gasteiger charge is 2.17. The number of ether oxygens (including phenoxy) is 1. The summed E-state index contributed by atoms with van der Waals surface area (Å²) in [6.07, 6.45) is -0.739. The number of anilines is 1. The van der Waals surface area contributed by atoms with Crippen molar-refractivity contribution >= 4 is 23.2 Å². The van der Waals surface area contributed by atoms with E-state index in [1.807, 2.05) is 6.07 Å². The van der Waals surface area contributed by atoms with Crippen molar-refractivity contribution < 1.29 is 9.53 Å². The number of nitriles is 1. The van der Waals surface area contributed by atoms with Crippen LogP contribution in [0.25, 0.3) is 0 Å². The second kappa shape index (κ2) is 6.78. The number of amides is 1. The second-order valence-electron chi connectivity index (χ2n) is 4.34. The zero-order valence-electron chi connectivity index (χ0n) is 11.3. The number of para-hydroxylation sites is 2. The molecule has 0 aliphatic heterocycles. The molecule has 0 heterocycles. The van der Waals surface area contributed by atoms with Gasteiger partial charge in [0, 0.05) is 0 Å². The first kappa shape index (κ1) is 14.9. The van der Waals surface area contributed by atoms with E-state index in [2.05, 4.69) is 5.32 Å². The van der Waals surface area contributed by atoms with E-state index in [9.17, 15) is 4.79 Å².